The monoisotopic (exact) mass is 398 g/mol. The normalized spacial score (nSPS) is 12.2. The number of benzene rings is 2. The van der Waals surface area contributed by atoms with Crippen LogP contribution in [0.2, 0.25) is 0 Å². The van der Waals surface area contributed by atoms with E-state index in [0.717, 1.165) is 11.3 Å². The Labute approximate surface area is 168 Å². The third kappa shape index (κ3) is 5.26. The number of nitrogens with one attached hydrogen (secondary N) is 2. The summed E-state index contributed by atoms with van der Waals surface area (Å²) in [5, 5.41) is 10.4. The molecule has 0 radical (unpaired) electrons. The number of hydrogen-bond acceptors (Lipinski definition) is 3. The molecule has 3 rings (SSSR count). The van der Waals surface area contributed by atoms with Gasteiger partial charge >= 0.3 is 0 Å². The van der Waals surface area contributed by atoms with Crippen LogP contribution < -0.4 is 10.6 Å². The number of anilines is 1. The van der Waals surface area contributed by atoms with Gasteiger partial charge in [-0.05, 0) is 54.8 Å². The van der Waals surface area contributed by atoms with Gasteiger partial charge in [0.1, 0.15) is 17.5 Å². The van der Waals surface area contributed by atoms with Crippen LogP contribution in [-0.2, 0) is 4.79 Å². The highest BCUT2D eigenvalue weighted by Gasteiger charge is 2.18. The highest BCUT2D eigenvalue weighted by Crippen LogP contribution is 2.22. The van der Waals surface area contributed by atoms with Crippen molar-refractivity contribution < 1.29 is 13.6 Å². The predicted molar refractivity (Wildman–Crippen MR) is 109 cm³/mol. The number of halogens is 2. The lowest BCUT2D eigenvalue weighted by Gasteiger charge is -2.23. The number of amides is 1. The lowest BCUT2D eigenvalue weighted by atomic mass is 9.96. The fraction of sp³-hybridized carbons (Fsp3) is 0.273. The second-order valence-corrected chi connectivity index (χ2v) is 7.26. The highest BCUT2D eigenvalue weighted by atomic mass is 19.1. The van der Waals surface area contributed by atoms with E-state index in [1.807, 2.05) is 20.8 Å². The van der Waals surface area contributed by atoms with Crippen LogP contribution in [0.3, 0.4) is 0 Å². The van der Waals surface area contributed by atoms with Gasteiger partial charge < -0.3 is 10.6 Å². The molecule has 2 aromatic carbocycles. The van der Waals surface area contributed by atoms with Crippen LogP contribution in [-0.4, -0.2) is 22.2 Å². The van der Waals surface area contributed by atoms with Gasteiger partial charge in [0, 0.05) is 12.1 Å². The number of carbonyl (C=O) groups excluding carboxylic acids is 1. The van der Waals surface area contributed by atoms with Crippen molar-refractivity contribution >= 4 is 11.7 Å². The fourth-order valence-corrected chi connectivity index (χ4v) is 3.17. The first-order chi connectivity index (χ1) is 13.8. The number of nitrogens with zero attached hydrogens (tertiary/aromatic N) is 2. The van der Waals surface area contributed by atoms with Crippen LogP contribution in [0.25, 0.3) is 5.69 Å². The number of hydrogen-bond donors (Lipinski definition) is 2. The molecule has 2 N–H and O–H groups in total. The zero-order valence-corrected chi connectivity index (χ0v) is 16.6. The molecule has 0 fully saturated rings. The standard InChI is InChI=1S/C22H24F2N4O/c1-14(2)22(16-4-6-17(23)7-5-16)25-13-21(29)26-20-12-15(3)27-28(20)19-10-8-18(24)9-11-19/h4-12,14,22,25H,13H2,1-3H3,(H,26,29)/t22-/m1/s1. The molecule has 0 saturated carbocycles. The van der Waals surface area contributed by atoms with E-state index in [-0.39, 0.29) is 36.0 Å². The number of rotatable bonds is 7. The molecule has 0 saturated heterocycles. The predicted octanol–water partition coefficient (Wildman–Crippen LogP) is 4.38. The highest BCUT2D eigenvalue weighted by molar-refractivity contribution is 5.91. The summed E-state index contributed by atoms with van der Waals surface area (Å²) < 4.78 is 28.0. The maximum Gasteiger partial charge on any atom is 0.239 e. The van der Waals surface area contributed by atoms with Crippen LogP contribution in [0.4, 0.5) is 14.6 Å². The Hall–Kier alpha value is -3.06. The van der Waals surface area contributed by atoms with Crippen LogP contribution in [0.5, 0.6) is 0 Å². The van der Waals surface area contributed by atoms with Gasteiger partial charge in [-0.1, -0.05) is 26.0 Å². The van der Waals surface area contributed by atoms with Crippen LogP contribution in [0, 0.1) is 24.5 Å². The number of carbonyl (C=O) groups is 1. The van der Waals surface area contributed by atoms with Crippen molar-refractivity contribution in [2.24, 2.45) is 5.92 Å². The lowest BCUT2D eigenvalue weighted by molar-refractivity contribution is -0.115. The van der Waals surface area contributed by atoms with E-state index in [2.05, 4.69) is 15.7 Å². The minimum atomic E-state index is -0.340. The van der Waals surface area contributed by atoms with Crippen molar-refractivity contribution in [3.63, 3.8) is 0 Å². The summed E-state index contributed by atoms with van der Waals surface area (Å²) in [4.78, 5) is 12.5. The molecular formula is C22H24F2N4O. The zero-order valence-electron chi connectivity index (χ0n) is 16.6. The second kappa shape index (κ2) is 8.96. The zero-order chi connectivity index (χ0) is 21.0. The first-order valence-corrected chi connectivity index (χ1v) is 9.45. The molecule has 5 nitrogen and oxygen atoms in total. The number of aryl methyl sites for hydroxylation is 1. The molecular weight excluding hydrogens is 374 g/mol. The van der Waals surface area contributed by atoms with Gasteiger partial charge in [0.2, 0.25) is 5.91 Å². The Bertz CT molecular complexity index is 965. The lowest BCUT2D eigenvalue weighted by Crippen LogP contribution is -2.34. The van der Waals surface area contributed by atoms with Crippen molar-refractivity contribution in [2.75, 3.05) is 11.9 Å². The molecule has 1 heterocycles. The van der Waals surface area contributed by atoms with E-state index in [4.69, 9.17) is 0 Å². The molecule has 0 aliphatic rings. The summed E-state index contributed by atoms with van der Waals surface area (Å²) in [6.07, 6.45) is 0. The van der Waals surface area contributed by atoms with Crippen LogP contribution in [0.1, 0.15) is 31.1 Å². The molecule has 1 aromatic heterocycles. The summed E-state index contributed by atoms with van der Waals surface area (Å²) in [6, 6.07) is 13.8. The molecule has 29 heavy (non-hydrogen) atoms. The average molecular weight is 398 g/mol. The first-order valence-electron chi connectivity index (χ1n) is 9.45. The molecule has 0 aliphatic carbocycles. The summed E-state index contributed by atoms with van der Waals surface area (Å²) in [5.41, 5.74) is 2.29. The average Bonchev–Trinajstić information content (AvgIpc) is 3.03. The van der Waals surface area contributed by atoms with Crippen LogP contribution in [0.15, 0.2) is 54.6 Å². The summed E-state index contributed by atoms with van der Waals surface area (Å²) in [6.45, 7) is 5.96. The number of aromatic nitrogens is 2. The first kappa shape index (κ1) is 20.7. The SMILES string of the molecule is Cc1cc(NC(=O)CN[C@@H](c2ccc(F)cc2)C(C)C)n(-c2ccc(F)cc2)n1. The van der Waals surface area contributed by atoms with Gasteiger partial charge in [-0.2, -0.15) is 5.10 Å². The Balaban J connectivity index is 1.69. The Morgan fingerprint density at radius 1 is 1.03 bits per heavy atom. The maximum absolute atomic E-state index is 13.2. The fourth-order valence-electron chi connectivity index (χ4n) is 3.17. The third-order valence-corrected chi connectivity index (χ3v) is 4.55. The van der Waals surface area contributed by atoms with Crippen molar-refractivity contribution in [1.29, 1.82) is 0 Å². The summed E-state index contributed by atoms with van der Waals surface area (Å²) in [7, 11) is 0. The molecule has 0 aliphatic heterocycles. The van der Waals surface area contributed by atoms with E-state index in [1.54, 1.807) is 35.0 Å². The molecule has 1 atom stereocenters. The van der Waals surface area contributed by atoms with Gasteiger partial charge in [-0.15, -0.1) is 0 Å². The van der Waals surface area contributed by atoms with Gasteiger partial charge in [0.05, 0.1) is 17.9 Å². The van der Waals surface area contributed by atoms with Gasteiger partial charge in [-0.3, -0.25) is 4.79 Å². The molecule has 0 bridgehead atoms. The molecule has 152 valence electrons. The smallest absolute Gasteiger partial charge is 0.239 e. The van der Waals surface area contributed by atoms with E-state index < -0.39 is 0 Å². The topological polar surface area (TPSA) is 59.0 Å². The molecule has 1 amide bonds. The minimum absolute atomic E-state index is 0.0773. The summed E-state index contributed by atoms with van der Waals surface area (Å²) in [5.74, 6) is -0.156. The van der Waals surface area contributed by atoms with E-state index in [0.29, 0.717) is 11.5 Å². The van der Waals surface area contributed by atoms with E-state index in [9.17, 15) is 13.6 Å². The van der Waals surface area contributed by atoms with Crippen molar-refractivity contribution in [2.45, 2.75) is 26.8 Å². The third-order valence-electron chi connectivity index (χ3n) is 4.55. The summed E-state index contributed by atoms with van der Waals surface area (Å²) >= 11 is 0. The molecule has 3 aromatic rings. The van der Waals surface area contributed by atoms with Gasteiger partial charge in [0.25, 0.3) is 0 Å². The van der Waals surface area contributed by atoms with Gasteiger partial charge in [-0.25, -0.2) is 13.5 Å². The second-order valence-electron chi connectivity index (χ2n) is 7.26. The quantitative estimate of drug-likeness (QED) is 0.621. The molecule has 7 heteroatoms. The largest absolute Gasteiger partial charge is 0.309 e. The van der Waals surface area contributed by atoms with Crippen molar-refractivity contribution in [1.82, 2.24) is 15.1 Å². The maximum atomic E-state index is 13.2. The minimum Gasteiger partial charge on any atom is -0.309 e. The Morgan fingerprint density at radius 3 is 2.21 bits per heavy atom. The molecule has 0 unspecified atom stereocenters. The van der Waals surface area contributed by atoms with E-state index >= 15 is 0 Å². The van der Waals surface area contributed by atoms with Crippen molar-refractivity contribution in [3.8, 4) is 5.69 Å². The van der Waals surface area contributed by atoms with Gasteiger partial charge in [0.15, 0.2) is 0 Å². The van der Waals surface area contributed by atoms with Crippen molar-refractivity contribution in [3.05, 3.63) is 77.5 Å². The Morgan fingerprint density at radius 2 is 1.62 bits per heavy atom. The Kier molecular flexibility index (Phi) is 6.39. The molecule has 0 spiro atoms. The van der Waals surface area contributed by atoms with E-state index in [1.165, 1.54) is 24.3 Å². The van der Waals surface area contributed by atoms with Crippen LogP contribution >= 0.6 is 0 Å².